The fourth-order valence-electron chi connectivity index (χ4n) is 2.63. The highest BCUT2D eigenvalue weighted by Gasteiger charge is 2.12. The normalized spacial score (nSPS) is 12.7. The SMILES string of the molecule is CCCCOCCCNC(C)c1c(C)cc(C)nc1C. The second-order valence-electron chi connectivity index (χ2n) is 5.57. The summed E-state index contributed by atoms with van der Waals surface area (Å²) in [6.45, 7) is 13.5. The minimum Gasteiger partial charge on any atom is -0.381 e. The van der Waals surface area contributed by atoms with E-state index in [2.05, 4.69) is 51.0 Å². The molecule has 1 aromatic rings. The van der Waals surface area contributed by atoms with E-state index in [1.54, 1.807) is 0 Å². The summed E-state index contributed by atoms with van der Waals surface area (Å²) in [4.78, 5) is 4.57. The molecule has 20 heavy (non-hydrogen) atoms. The van der Waals surface area contributed by atoms with Gasteiger partial charge in [-0.15, -0.1) is 0 Å². The van der Waals surface area contributed by atoms with Gasteiger partial charge in [-0.05, 0) is 64.3 Å². The number of rotatable bonds is 9. The number of nitrogens with zero attached hydrogens (tertiary/aromatic N) is 1. The first kappa shape index (κ1) is 17.1. The second-order valence-corrected chi connectivity index (χ2v) is 5.57. The van der Waals surface area contributed by atoms with Crippen molar-refractivity contribution in [2.24, 2.45) is 0 Å². The standard InChI is InChI=1S/C17H30N2O/c1-6-7-10-20-11-8-9-18-15(4)17-13(2)12-14(3)19-16(17)5/h12,15,18H,6-11H2,1-5H3. The molecule has 1 atom stereocenters. The maximum atomic E-state index is 5.57. The third-order valence-electron chi connectivity index (χ3n) is 3.58. The van der Waals surface area contributed by atoms with E-state index < -0.39 is 0 Å². The summed E-state index contributed by atoms with van der Waals surface area (Å²) in [5.74, 6) is 0. The summed E-state index contributed by atoms with van der Waals surface area (Å²) in [7, 11) is 0. The third kappa shape index (κ3) is 5.59. The van der Waals surface area contributed by atoms with Crippen molar-refractivity contribution in [3.05, 3.63) is 28.6 Å². The molecule has 1 N–H and O–H groups in total. The molecule has 0 aliphatic heterocycles. The molecule has 0 fully saturated rings. The van der Waals surface area contributed by atoms with Gasteiger partial charge in [0.25, 0.3) is 0 Å². The zero-order chi connectivity index (χ0) is 15.0. The summed E-state index contributed by atoms with van der Waals surface area (Å²) in [5.41, 5.74) is 4.90. The molecule has 0 radical (unpaired) electrons. The van der Waals surface area contributed by atoms with Crippen LogP contribution in [0.1, 0.15) is 61.7 Å². The molecule has 0 saturated carbocycles. The molecule has 1 rings (SSSR count). The number of ether oxygens (including phenoxy) is 1. The van der Waals surface area contributed by atoms with E-state index in [0.717, 1.165) is 44.0 Å². The third-order valence-corrected chi connectivity index (χ3v) is 3.58. The Morgan fingerprint density at radius 1 is 1.20 bits per heavy atom. The molecule has 1 unspecified atom stereocenters. The minimum atomic E-state index is 0.346. The zero-order valence-corrected chi connectivity index (χ0v) is 13.8. The lowest BCUT2D eigenvalue weighted by molar-refractivity contribution is 0.128. The predicted octanol–water partition coefficient (Wildman–Crippen LogP) is 3.86. The molecule has 0 aliphatic rings. The van der Waals surface area contributed by atoms with Crippen LogP contribution in [-0.4, -0.2) is 24.7 Å². The topological polar surface area (TPSA) is 34.1 Å². The van der Waals surface area contributed by atoms with Crippen LogP contribution in [-0.2, 0) is 4.74 Å². The van der Waals surface area contributed by atoms with Gasteiger partial charge in [0.15, 0.2) is 0 Å². The fourth-order valence-corrected chi connectivity index (χ4v) is 2.63. The van der Waals surface area contributed by atoms with Crippen LogP contribution >= 0.6 is 0 Å². The summed E-state index contributed by atoms with van der Waals surface area (Å²) < 4.78 is 5.57. The van der Waals surface area contributed by atoms with E-state index in [0.29, 0.717) is 6.04 Å². The van der Waals surface area contributed by atoms with Gasteiger partial charge in [-0.25, -0.2) is 0 Å². The summed E-state index contributed by atoms with van der Waals surface area (Å²) in [6.07, 6.45) is 3.43. The molecule has 3 nitrogen and oxygen atoms in total. The summed E-state index contributed by atoms with van der Waals surface area (Å²) >= 11 is 0. The number of hydrogen-bond acceptors (Lipinski definition) is 3. The molecule has 1 heterocycles. The number of nitrogens with one attached hydrogen (secondary N) is 1. The van der Waals surface area contributed by atoms with Crippen molar-refractivity contribution in [2.75, 3.05) is 19.8 Å². The molecule has 0 saturated heterocycles. The van der Waals surface area contributed by atoms with Crippen LogP contribution in [0.15, 0.2) is 6.07 Å². The molecule has 0 aromatic carbocycles. The zero-order valence-electron chi connectivity index (χ0n) is 13.8. The van der Waals surface area contributed by atoms with Gasteiger partial charge in [-0.2, -0.15) is 0 Å². The van der Waals surface area contributed by atoms with Gasteiger partial charge in [-0.3, -0.25) is 4.98 Å². The van der Waals surface area contributed by atoms with Crippen LogP contribution < -0.4 is 5.32 Å². The highest BCUT2D eigenvalue weighted by Crippen LogP contribution is 2.20. The van der Waals surface area contributed by atoms with E-state index in [1.807, 2.05) is 0 Å². The Bertz CT molecular complexity index is 381. The Balaban J connectivity index is 2.34. The van der Waals surface area contributed by atoms with Crippen LogP contribution in [0.25, 0.3) is 0 Å². The Morgan fingerprint density at radius 3 is 2.55 bits per heavy atom. The molecule has 0 spiro atoms. The van der Waals surface area contributed by atoms with Gasteiger partial charge in [0, 0.05) is 30.6 Å². The average Bonchev–Trinajstić information content (AvgIpc) is 2.36. The van der Waals surface area contributed by atoms with E-state index in [1.165, 1.54) is 17.5 Å². The van der Waals surface area contributed by atoms with Crippen LogP contribution in [0.5, 0.6) is 0 Å². The van der Waals surface area contributed by atoms with Crippen LogP contribution in [0.3, 0.4) is 0 Å². The molecule has 3 heteroatoms. The van der Waals surface area contributed by atoms with Gasteiger partial charge in [0.2, 0.25) is 0 Å². The van der Waals surface area contributed by atoms with E-state index in [9.17, 15) is 0 Å². The molecular weight excluding hydrogens is 248 g/mol. The van der Waals surface area contributed by atoms with Crippen molar-refractivity contribution in [1.29, 1.82) is 0 Å². The van der Waals surface area contributed by atoms with Gasteiger partial charge in [0.05, 0.1) is 0 Å². The van der Waals surface area contributed by atoms with E-state index >= 15 is 0 Å². The van der Waals surface area contributed by atoms with Crippen molar-refractivity contribution in [1.82, 2.24) is 10.3 Å². The van der Waals surface area contributed by atoms with Gasteiger partial charge < -0.3 is 10.1 Å². The molecule has 114 valence electrons. The molecule has 0 bridgehead atoms. The second kappa shape index (κ2) is 9.09. The summed E-state index contributed by atoms with van der Waals surface area (Å²) in [6, 6.07) is 2.51. The highest BCUT2D eigenvalue weighted by atomic mass is 16.5. The number of aromatic nitrogens is 1. The molecule has 1 aromatic heterocycles. The number of aryl methyl sites for hydroxylation is 3. The Morgan fingerprint density at radius 2 is 1.90 bits per heavy atom. The summed E-state index contributed by atoms with van der Waals surface area (Å²) in [5, 5.41) is 3.57. The molecule has 0 amide bonds. The largest absolute Gasteiger partial charge is 0.381 e. The first-order valence-electron chi connectivity index (χ1n) is 7.82. The van der Waals surface area contributed by atoms with Crippen molar-refractivity contribution >= 4 is 0 Å². The number of hydrogen-bond donors (Lipinski definition) is 1. The van der Waals surface area contributed by atoms with E-state index in [-0.39, 0.29) is 0 Å². The monoisotopic (exact) mass is 278 g/mol. The highest BCUT2D eigenvalue weighted by molar-refractivity contribution is 5.33. The lowest BCUT2D eigenvalue weighted by Gasteiger charge is -2.19. The number of unbranched alkanes of at least 4 members (excludes halogenated alkanes) is 1. The minimum absolute atomic E-state index is 0.346. The fraction of sp³-hybridized carbons (Fsp3) is 0.706. The first-order valence-corrected chi connectivity index (χ1v) is 7.82. The Kier molecular flexibility index (Phi) is 7.78. The number of pyridine rings is 1. The van der Waals surface area contributed by atoms with E-state index in [4.69, 9.17) is 4.74 Å². The average molecular weight is 278 g/mol. The lowest BCUT2D eigenvalue weighted by Crippen LogP contribution is -2.23. The van der Waals surface area contributed by atoms with Crippen LogP contribution in [0.2, 0.25) is 0 Å². The van der Waals surface area contributed by atoms with Gasteiger partial charge in [-0.1, -0.05) is 13.3 Å². The molecule has 0 aliphatic carbocycles. The van der Waals surface area contributed by atoms with Crippen LogP contribution in [0.4, 0.5) is 0 Å². The quantitative estimate of drug-likeness (QED) is 0.696. The molecular formula is C17H30N2O. The maximum absolute atomic E-state index is 5.57. The van der Waals surface area contributed by atoms with Crippen LogP contribution in [0, 0.1) is 20.8 Å². The lowest BCUT2D eigenvalue weighted by atomic mass is 10.0. The Labute approximate surface area is 124 Å². The van der Waals surface area contributed by atoms with Crippen molar-refractivity contribution < 1.29 is 4.74 Å². The maximum Gasteiger partial charge on any atom is 0.0478 e. The smallest absolute Gasteiger partial charge is 0.0478 e. The van der Waals surface area contributed by atoms with Gasteiger partial charge in [0.1, 0.15) is 0 Å². The Hall–Kier alpha value is -0.930. The van der Waals surface area contributed by atoms with Gasteiger partial charge >= 0.3 is 0 Å². The predicted molar refractivity (Wildman–Crippen MR) is 85.2 cm³/mol. The van der Waals surface area contributed by atoms with Crippen molar-refractivity contribution in [3.8, 4) is 0 Å². The first-order chi connectivity index (χ1) is 9.56. The van der Waals surface area contributed by atoms with Crippen molar-refractivity contribution in [3.63, 3.8) is 0 Å². The van der Waals surface area contributed by atoms with Crippen molar-refractivity contribution in [2.45, 2.75) is 59.9 Å².